The SMILES string of the molecule is Cc1ccc(S(=O)(=O)N/N=C2\CCCc3oc(C(=O)Nc4ccc(Cl)c(Cl)c4)c(C)c32)cc1. The quantitative estimate of drug-likeness (QED) is 0.448. The second-order valence-electron chi connectivity index (χ2n) is 7.76. The Morgan fingerprint density at radius 1 is 1.03 bits per heavy atom. The van der Waals surface area contributed by atoms with Gasteiger partial charge in [0.15, 0.2) is 5.76 Å². The fraction of sp³-hybridized carbons (Fsp3) is 0.217. The number of hydrogen-bond donors (Lipinski definition) is 2. The molecule has 0 aliphatic heterocycles. The molecule has 10 heteroatoms. The highest BCUT2D eigenvalue weighted by Gasteiger charge is 2.28. The van der Waals surface area contributed by atoms with Crippen LogP contribution in [-0.2, 0) is 16.4 Å². The summed E-state index contributed by atoms with van der Waals surface area (Å²) in [6.07, 6.45) is 1.90. The molecule has 3 aromatic rings. The monoisotopic (exact) mass is 505 g/mol. The van der Waals surface area contributed by atoms with Crippen molar-refractivity contribution in [1.82, 2.24) is 4.83 Å². The molecule has 0 saturated heterocycles. The van der Waals surface area contributed by atoms with Crippen molar-refractivity contribution in [1.29, 1.82) is 0 Å². The van der Waals surface area contributed by atoms with Crippen LogP contribution in [0.4, 0.5) is 5.69 Å². The maximum absolute atomic E-state index is 12.9. The first-order valence-corrected chi connectivity index (χ1v) is 12.4. The predicted molar refractivity (Wildman–Crippen MR) is 129 cm³/mol. The van der Waals surface area contributed by atoms with Crippen molar-refractivity contribution < 1.29 is 17.6 Å². The Morgan fingerprint density at radius 3 is 2.45 bits per heavy atom. The van der Waals surface area contributed by atoms with Gasteiger partial charge in [0.1, 0.15) is 5.76 Å². The lowest BCUT2D eigenvalue weighted by atomic mass is 9.93. The highest BCUT2D eigenvalue weighted by Crippen LogP contribution is 2.31. The zero-order valence-electron chi connectivity index (χ0n) is 17.9. The van der Waals surface area contributed by atoms with Crippen LogP contribution in [0.1, 0.15) is 45.8 Å². The van der Waals surface area contributed by atoms with E-state index in [4.69, 9.17) is 27.6 Å². The normalized spacial score (nSPS) is 14.7. The van der Waals surface area contributed by atoms with Gasteiger partial charge in [0.25, 0.3) is 15.9 Å². The van der Waals surface area contributed by atoms with Crippen molar-refractivity contribution in [3.63, 3.8) is 0 Å². The fourth-order valence-electron chi connectivity index (χ4n) is 3.64. The number of nitrogens with zero attached hydrogens (tertiary/aromatic N) is 1. The Bertz CT molecular complexity index is 1360. The summed E-state index contributed by atoms with van der Waals surface area (Å²) in [5, 5.41) is 7.64. The number of carbonyl (C=O) groups is 1. The summed E-state index contributed by atoms with van der Waals surface area (Å²) < 4.78 is 31.1. The minimum atomic E-state index is -3.82. The third kappa shape index (κ3) is 4.93. The van der Waals surface area contributed by atoms with Crippen molar-refractivity contribution in [3.05, 3.63) is 80.7 Å². The van der Waals surface area contributed by atoms with E-state index in [1.54, 1.807) is 37.3 Å². The summed E-state index contributed by atoms with van der Waals surface area (Å²) in [6.45, 7) is 3.63. The number of sulfonamides is 1. The van der Waals surface area contributed by atoms with Gasteiger partial charge in [0.2, 0.25) is 0 Å². The number of halogens is 2. The van der Waals surface area contributed by atoms with Crippen LogP contribution in [-0.4, -0.2) is 20.0 Å². The first kappa shape index (κ1) is 23.4. The van der Waals surface area contributed by atoms with E-state index in [9.17, 15) is 13.2 Å². The molecule has 1 amide bonds. The van der Waals surface area contributed by atoms with Crippen molar-refractivity contribution >= 4 is 50.5 Å². The maximum atomic E-state index is 12.9. The Kier molecular flexibility index (Phi) is 6.52. The largest absolute Gasteiger partial charge is 0.455 e. The number of rotatable bonds is 5. The molecule has 7 nitrogen and oxygen atoms in total. The molecule has 4 rings (SSSR count). The van der Waals surface area contributed by atoms with E-state index in [0.717, 1.165) is 12.0 Å². The zero-order valence-corrected chi connectivity index (χ0v) is 20.2. The number of hydrazone groups is 1. The number of fused-ring (bicyclic) bond motifs is 1. The van der Waals surface area contributed by atoms with Crippen molar-refractivity contribution in [3.8, 4) is 0 Å². The average Bonchev–Trinajstić information content (AvgIpc) is 3.12. The van der Waals surface area contributed by atoms with E-state index >= 15 is 0 Å². The summed E-state index contributed by atoms with van der Waals surface area (Å²) in [5.41, 5.74) is 3.21. The topological polar surface area (TPSA) is 101 Å². The first-order chi connectivity index (χ1) is 15.7. The number of hydrogen-bond acceptors (Lipinski definition) is 5. The van der Waals surface area contributed by atoms with E-state index in [2.05, 4.69) is 15.2 Å². The molecule has 0 unspecified atom stereocenters. The Balaban J connectivity index is 1.60. The summed E-state index contributed by atoms with van der Waals surface area (Å²) in [5.74, 6) is 0.299. The third-order valence-corrected chi connectivity index (χ3v) is 7.30. The van der Waals surface area contributed by atoms with Gasteiger partial charge in [-0.05, 0) is 57.0 Å². The van der Waals surface area contributed by atoms with Crippen molar-refractivity contribution in [2.75, 3.05) is 5.32 Å². The molecule has 0 spiro atoms. The molecule has 2 N–H and O–H groups in total. The third-order valence-electron chi connectivity index (χ3n) is 5.34. The summed E-state index contributed by atoms with van der Waals surface area (Å²) in [6, 6.07) is 11.3. The van der Waals surface area contributed by atoms with Gasteiger partial charge in [-0.3, -0.25) is 4.79 Å². The Hall–Kier alpha value is -2.81. The number of carbonyl (C=O) groups excluding carboxylic acids is 1. The lowest BCUT2D eigenvalue weighted by Gasteiger charge is -2.14. The van der Waals surface area contributed by atoms with Crippen LogP contribution in [0.15, 0.2) is 56.9 Å². The Labute approximate surface area is 201 Å². The standard InChI is InChI=1S/C23H21Cl2N3O4S/c1-13-6-9-16(10-7-13)33(30,31)28-27-19-4-3-5-20-21(19)14(2)22(32-20)23(29)26-15-8-11-17(24)18(25)12-15/h6-12,28H,3-5H2,1-2H3,(H,26,29)/b27-19+. The first-order valence-electron chi connectivity index (χ1n) is 10.2. The van der Waals surface area contributed by atoms with Crippen molar-refractivity contribution in [2.45, 2.75) is 38.0 Å². The molecule has 1 aliphatic carbocycles. The van der Waals surface area contributed by atoms with Gasteiger partial charge < -0.3 is 9.73 Å². The molecule has 172 valence electrons. The maximum Gasteiger partial charge on any atom is 0.291 e. The van der Waals surface area contributed by atoms with E-state index in [1.807, 2.05) is 6.92 Å². The predicted octanol–water partition coefficient (Wildman–Crippen LogP) is 5.47. The lowest BCUT2D eigenvalue weighted by Crippen LogP contribution is -2.22. The van der Waals surface area contributed by atoms with Gasteiger partial charge in [-0.25, -0.2) is 0 Å². The highest BCUT2D eigenvalue weighted by atomic mass is 35.5. The van der Waals surface area contributed by atoms with Crippen molar-refractivity contribution in [2.24, 2.45) is 5.10 Å². The summed E-state index contributed by atoms with van der Waals surface area (Å²) in [4.78, 5) is 15.3. The van der Waals surface area contributed by atoms with Crippen LogP contribution >= 0.6 is 23.2 Å². The van der Waals surface area contributed by atoms with Crippen LogP contribution in [0.25, 0.3) is 0 Å². The van der Waals surface area contributed by atoms with Gasteiger partial charge in [-0.1, -0.05) is 40.9 Å². The van der Waals surface area contributed by atoms with E-state index in [1.165, 1.54) is 12.1 Å². The molecule has 0 atom stereocenters. The van der Waals surface area contributed by atoms with Gasteiger partial charge in [0.05, 0.1) is 20.7 Å². The second-order valence-corrected chi connectivity index (χ2v) is 10.2. The van der Waals surface area contributed by atoms with E-state index in [0.29, 0.717) is 51.2 Å². The molecule has 1 heterocycles. The molecular formula is C23H21Cl2N3O4S. The number of anilines is 1. The zero-order chi connectivity index (χ0) is 23.8. The van der Waals surface area contributed by atoms with Gasteiger partial charge in [-0.2, -0.15) is 18.4 Å². The number of nitrogens with one attached hydrogen (secondary N) is 2. The van der Waals surface area contributed by atoms with Crippen LogP contribution in [0.3, 0.4) is 0 Å². The minimum Gasteiger partial charge on any atom is -0.455 e. The molecule has 1 aliphatic rings. The summed E-state index contributed by atoms with van der Waals surface area (Å²) in [7, 11) is -3.82. The molecule has 0 fully saturated rings. The molecule has 0 saturated carbocycles. The van der Waals surface area contributed by atoms with Crippen LogP contribution in [0.2, 0.25) is 10.0 Å². The number of aryl methyl sites for hydroxylation is 2. The van der Waals surface area contributed by atoms with Gasteiger partial charge >= 0.3 is 0 Å². The molecular weight excluding hydrogens is 485 g/mol. The van der Waals surface area contributed by atoms with E-state index in [-0.39, 0.29) is 10.7 Å². The van der Waals surface area contributed by atoms with Gasteiger partial charge in [0, 0.05) is 23.2 Å². The van der Waals surface area contributed by atoms with Gasteiger partial charge in [-0.15, -0.1) is 0 Å². The molecule has 0 radical (unpaired) electrons. The smallest absolute Gasteiger partial charge is 0.291 e. The Morgan fingerprint density at radius 2 is 1.76 bits per heavy atom. The molecule has 1 aromatic heterocycles. The van der Waals surface area contributed by atoms with Crippen LogP contribution in [0.5, 0.6) is 0 Å². The van der Waals surface area contributed by atoms with Crippen LogP contribution < -0.4 is 10.1 Å². The molecule has 33 heavy (non-hydrogen) atoms. The number of amides is 1. The van der Waals surface area contributed by atoms with E-state index < -0.39 is 15.9 Å². The highest BCUT2D eigenvalue weighted by molar-refractivity contribution is 7.89. The second kappa shape index (κ2) is 9.21. The van der Waals surface area contributed by atoms with Crippen LogP contribution in [0, 0.1) is 13.8 Å². The molecule has 2 aromatic carbocycles. The lowest BCUT2D eigenvalue weighted by molar-refractivity contribution is 0.0994. The summed E-state index contributed by atoms with van der Waals surface area (Å²) >= 11 is 11.9. The minimum absolute atomic E-state index is 0.124. The fourth-order valence-corrected chi connectivity index (χ4v) is 4.77. The number of furan rings is 1. The molecule has 0 bridgehead atoms. The average molecular weight is 506 g/mol. The number of benzene rings is 2.